The molecule has 3 rings (SSSR count). The highest BCUT2D eigenvalue weighted by molar-refractivity contribution is 5.93. The first-order chi connectivity index (χ1) is 12.2. The molecule has 0 aliphatic heterocycles. The number of pyridine rings is 1. The Morgan fingerprint density at radius 3 is 2.44 bits per heavy atom. The summed E-state index contributed by atoms with van der Waals surface area (Å²) in [5, 5.41) is 8.66. The van der Waals surface area contributed by atoms with Gasteiger partial charge in [-0.05, 0) is 29.8 Å². The van der Waals surface area contributed by atoms with Gasteiger partial charge in [-0.25, -0.2) is 19.8 Å². The number of hydrogen-bond acceptors (Lipinski definition) is 6. The lowest BCUT2D eigenvalue weighted by molar-refractivity contribution is 0.0706. The zero-order valence-electron chi connectivity index (χ0n) is 13.0. The minimum atomic E-state index is -0.586. The number of anilines is 2. The van der Waals surface area contributed by atoms with Gasteiger partial charge < -0.3 is 4.90 Å². The van der Waals surface area contributed by atoms with Crippen LogP contribution in [0.1, 0.15) is 15.9 Å². The highest BCUT2D eigenvalue weighted by atomic mass is 19.1. The Labute approximate surface area is 142 Å². The molecule has 0 fully saturated rings. The van der Waals surface area contributed by atoms with Crippen molar-refractivity contribution in [3.05, 3.63) is 78.1 Å². The normalized spacial score (nSPS) is 10.3. The number of nitrogens with one attached hydrogen (secondary N) is 1. The van der Waals surface area contributed by atoms with Crippen molar-refractivity contribution < 1.29 is 14.4 Å². The van der Waals surface area contributed by atoms with E-state index in [0.717, 1.165) is 11.8 Å². The number of halogens is 1. The van der Waals surface area contributed by atoms with Crippen LogP contribution >= 0.6 is 0 Å². The highest BCUT2D eigenvalue weighted by Gasteiger charge is 2.14. The van der Waals surface area contributed by atoms with Gasteiger partial charge in [0.1, 0.15) is 11.6 Å². The number of benzene rings is 1. The molecule has 25 heavy (non-hydrogen) atoms. The van der Waals surface area contributed by atoms with Crippen molar-refractivity contribution in [3.8, 4) is 0 Å². The first-order valence-corrected chi connectivity index (χ1v) is 7.36. The molecule has 0 radical (unpaired) electrons. The molecule has 2 heterocycles. The molecule has 126 valence electrons. The summed E-state index contributed by atoms with van der Waals surface area (Å²) in [6, 6.07) is 9.55. The molecule has 0 unspecified atom stereocenters. The SMILES string of the molecule is O=C(NO)c1ccc(CN(c2ccc(F)cn2)c2cnccn2)cc1. The lowest BCUT2D eigenvalue weighted by atomic mass is 10.1. The largest absolute Gasteiger partial charge is 0.305 e. The first-order valence-electron chi connectivity index (χ1n) is 7.36. The summed E-state index contributed by atoms with van der Waals surface area (Å²) in [6.07, 6.45) is 5.83. The van der Waals surface area contributed by atoms with Crippen LogP contribution in [0.25, 0.3) is 0 Å². The number of carbonyl (C=O) groups is 1. The lowest BCUT2D eigenvalue weighted by Crippen LogP contribution is -2.20. The second kappa shape index (κ2) is 7.45. The fraction of sp³-hybridized carbons (Fsp3) is 0.0588. The van der Waals surface area contributed by atoms with Gasteiger partial charge in [0.05, 0.1) is 18.9 Å². The molecule has 7 nitrogen and oxygen atoms in total. The minimum absolute atomic E-state index is 0.331. The van der Waals surface area contributed by atoms with Gasteiger partial charge in [-0.2, -0.15) is 0 Å². The summed E-state index contributed by atoms with van der Waals surface area (Å²) in [5.74, 6) is 0.0533. The van der Waals surface area contributed by atoms with E-state index in [4.69, 9.17) is 5.21 Å². The fourth-order valence-corrected chi connectivity index (χ4v) is 2.25. The number of nitrogens with zero attached hydrogens (tertiary/aromatic N) is 4. The van der Waals surface area contributed by atoms with E-state index in [1.807, 2.05) is 0 Å². The molecular weight excluding hydrogens is 325 g/mol. The van der Waals surface area contributed by atoms with Gasteiger partial charge in [-0.15, -0.1) is 0 Å². The van der Waals surface area contributed by atoms with Crippen LogP contribution in [0.15, 0.2) is 61.2 Å². The molecule has 0 atom stereocenters. The van der Waals surface area contributed by atoms with Crippen molar-refractivity contribution >= 4 is 17.5 Å². The van der Waals surface area contributed by atoms with Crippen LogP contribution < -0.4 is 10.4 Å². The predicted octanol–water partition coefficient (Wildman–Crippen LogP) is 2.47. The van der Waals surface area contributed by atoms with Crippen LogP contribution in [0.3, 0.4) is 0 Å². The third kappa shape index (κ3) is 3.93. The molecular formula is C17H14FN5O2. The van der Waals surface area contributed by atoms with E-state index in [9.17, 15) is 9.18 Å². The molecule has 0 saturated heterocycles. The van der Waals surface area contributed by atoms with Gasteiger partial charge >= 0.3 is 0 Å². The van der Waals surface area contributed by atoms with Crippen LogP contribution in [0.4, 0.5) is 16.0 Å². The maximum Gasteiger partial charge on any atom is 0.274 e. The van der Waals surface area contributed by atoms with Gasteiger partial charge in [0.25, 0.3) is 5.91 Å². The number of rotatable bonds is 5. The number of hydrogen-bond donors (Lipinski definition) is 2. The van der Waals surface area contributed by atoms with Gasteiger partial charge in [0.2, 0.25) is 0 Å². The molecule has 0 saturated carbocycles. The number of aromatic nitrogens is 3. The lowest BCUT2D eigenvalue weighted by Gasteiger charge is -2.22. The second-order valence-corrected chi connectivity index (χ2v) is 5.12. The van der Waals surface area contributed by atoms with E-state index in [1.165, 1.54) is 6.07 Å². The summed E-state index contributed by atoms with van der Waals surface area (Å²) in [4.78, 5) is 25.6. The molecule has 0 bridgehead atoms. The predicted molar refractivity (Wildman–Crippen MR) is 87.8 cm³/mol. The van der Waals surface area contributed by atoms with E-state index < -0.39 is 11.7 Å². The molecule has 0 aliphatic rings. The van der Waals surface area contributed by atoms with Crippen LogP contribution in [-0.4, -0.2) is 26.1 Å². The van der Waals surface area contributed by atoms with Crippen LogP contribution in [0.2, 0.25) is 0 Å². The quantitative estimate of drug-likeness (QED) is 0.548. The van der Waals surface area contributed by atoms with E-state index in [0.29, 0.717) is 23.7 Å². The average molecular weight is 339 g/mol. The van der Waals surface area contributed by atoms with E-state index >= 15 is 0 Å². The summed E-state index contributed by atoms with van der Waals surface area (Å²) in [5.41, 5.74) is 2.78. The van der Waals surface area contributed by atoms with Crippen molar-refractivity contribution in [2.75, 3.05) is 4.90 Å². The van der Waals surface area contributed by atoms with E-state index in [2.05, 4.69) is 15.0 Å². The van der Waals surface area contributed by atoms with Gasteiger partial charge in [0, 0.05) is 18.0 Å². The smallest absolute Gasteiger partial charge is 0.274 e. The summed E-state index contributed by atoms with van der Waals surface area (Å²) in [7, 11) is 0. The number of amides is 1. The maximum absolute atomic E-state index is 13.2. The van der Waals surface area contributed by atoms with Gasteiger partial charge in [-0.1, -0.05) is 12.1 Å². The van der Waals surface area contributed by atoms with Crippen molar-refractivity contribution in [1.82, 2.24) is 20.4 Å². The molecule has 0 aliphatic carbocycles. The fourth-order valence-electron chi connectivity index (χ4n) is 2.25. The Kier molecular flexibility index (Phi) is 4.91. The Hall–Kier alpha value is -3.39. The standard InChI is InChI=1S/C17H14FN5O2/c18-14-5-6-15(21-9-14)23(16-10-19-7-8-20-16)11-12-1-3-13(4-2-12)17(24)22-25/h1-10,25H,11H2,(H,22,24). The Morgan fingerprint density at radius 2 is 1.84 bits per heavy atom. The van der Waals surface area contributed by atoms with Crippen LogP contribution in [0.5, 0.6) is 0 Å². The Balaban J connectivity index is 1.90. The molecule has 2 N–H and O–H groups in total. The molecule has 3 aromatic rings. The summed E-state index contributed by atoms with van der Waals surface area (Å²) < 4.78 is 13.2. The highest BCUT2D eigenvalue weighted by Crippen LogP contribution is 2.23. The van der Waals surface area contributed by atoms with Crippen molar-refractivity contribution in [2.45, 2.75) is 6.54 Å². The van der Waals surface area contributed by atoms with Gasteiger partial charge in [-0.3, -0.25) is 15.0 Å². The zero-order valence-corrected chi connectivity index (χ0v) is 13.0. The number of carbonyl (C=O) groups excluding carboxylic acids is 1. The van der Waals surface area contributed by atoms with Crippen molar-refractivity contribution in [3.63, 3.8) is 0 Å². The Bertz CT molecular complexity index is 841. The van der Waals surface area contributed by atoms with Crippen molar-refractivity contribution in [1.29, 1.82) is 0 Å². The number of hydroxylamine groups is 1. The van der Waals surface area contributed by atoms with E-state index in [1.54, 1.807) is 59.3 Å². The topological polar surface area (TPSA) is 91.2 Å². The summed E-state index contributed by atoms with van der Waals surface area (Å²) >= 11 is 0. The van der Waals surface area contributed by atoms with Crippen LogP contribution in [0, 0.1) is 5.82 Å². The molecule has 1 amide bonds. The average Bonchev–Trinajstić information content (AvgIpc) is 2.67. The third-order valence-electron chi connectivity index (χ3n) is 3.47. The zero-order chi connectivity index (χ0) is 17.6. The summed E-state index contributed by atoms with van der Waals surface area (Å²) in [6.45, 7) is 0.387. The molecule has 8 heteroatoms. The van der Waals surface area contributed by atoms with E-state index in [-0.39, 0.29) is 0 Å². The minimum Gasteiger partial charge on any atom is -0.305 e. The second-order valence-electron chi connectivity index (χ2n) is 5.12. The molecule has 2 aromatic heterocycles. The Morgan fingerprint density at radius 1 is 1.04 bits per heavy atom. The molecule has 0 spiro atoms. The van der Waals surface area contributed by atoms with Gasteiger partial charge in [0.15, 0.2) is 5.82 Å². The third-order valence-corrected chi connectivity index (χ3v) is 3.47. The van der Waals surface area contributed by atoms with Crippen LogP contribution in [-0.2, 0) is 6.54 Å². The molecule has 1 aromatic carbocycles. The first kappa shape index (κ1) is 16.5. The monoisotopic (exact) mass is 339 g/mol. The van der Waals surface area contributed by atoms with Crippen molar-refractivity contribution in [2.24, 2.45) is 0 Å². The maximum atomic E-state index is 13.2.